The van der Waals surface area contributed by atoms with Crippen molar-refractivity contribution in [2.45, 2.75) is 63.4 Å². The summed E-state index contributed by atoms with van der Waals surface area (Å²) >= 11 is 0. The van der Waals surface area contributed by atoms with Gasteiger partial charge < -0.3 is 19.7 Å². The predicted octanol–water partition coefficient (Wildman–Crippen LogP) is 1.84. The minimum atomic E-state index is -0.701. The highest BCUT2D eigenvalue weighted by atomic mass is 19.1. The van der Waals surface area contributed by atoms with Gasteiger partial charge in [-0.15, -0.1) is 0 Å². The second-order valence-electron chi connectivity index (χ2n) is 8.90. The second-order valence-corrected chi connectivity index (χ2v) is 8.90. The maximum absolute atomic E-state index is 13.3. The molecule has 1 saturated carbocycles. The van der Waals surface area contributed by atoms with E-state index >= 15 is 0 Å². The number of nitrogens with one attached hydrogen (secondary N) is 3. The largest absolute Gasteiger partial charge is 0.446 e. The first-order valence-electron chi connectivity index (χ1n) is 11.2. The van der Waals surface area contributed by atoms with Gasteiger partial charge in [0.25, 0.3) is 0 Å². The Morgan fingerprint density at radius 2 is 1.97 bits per heavy atom. The minimum absolute atomic E-state index is 0.0161. The second kappa shape index (κ2) is 10.1. The summed E-state index contributed by atoms with van der Waals surface area (Å²) in [6.07, 6.45) is 2.43. The van der Waals surface area contributed by atoms with E-state index in [0.717, 1.165) is 37.5 Å². The lowest BCUT2D eigenvalue weighted by atomic mass is 9.96. The van der Waals surface area contributed by atoms with Gasteiger partial charge in [-0.2, -0.15) is 0 Å². The smallest absolute Gasteiger partial charge is 0.410 e. The molecule has 2 heterocycles. The molecular weight excluding hydrogens is 422 g/mol. The highest BCUT2D eigenvalue weighted by Crippen LogP contribution is 2.33. The third kappa shape index (κ3) is 5.73. The van der Waals surface area contributed by atoms with Gasteiger partial charge >= 0.3 is 6.09 Å². The summed E-state index contributed by atoms with van der Waals surface area (Å²) in [6, 6.07) is 3.25. The molecule has 0 bridgehead atoms. The summed E-state index contributed by atoms with van der Waals surface area (Å²) in [5, 5.41) is 2.85. The molecule has 8 nitrogen and oxygen atoms in total. The Bertz CT molecular complexity index is 822. The van der Waals surface area contributed by atoms with Crippen molar-refractivity contribution in [3.63, 3.8) is 0 Å². The van der Waals surface area contributed by atoms with E-state index in [-0.39, 0.29) is 48.3 Å². The standard InChI is InChI=1S/C22H30F2N4O4/c1-13-12-31-5-4-28(13)22(30)32-18-3-2-15(9-18)19-11-20(27-26-19)25-21(29)8-14-6-16(23)10-17(24)7-14/h6-7,10,13,15,18-20,26-27H,2-5,8-9,11-12H2,1H3,(H,25,29)/t13-,15-,18+,19?,20?/m0/s1. The van der Waals surface area contributed by atoms with E-state index in [4.69, 9.17) is 9.47 Å². The van der Waals surface area contributed by atoms with Gasteiger partial charge in [0, 0.05) is 18.7 Å². The van der Waals surface area contributed by atoms with Crippen LogP contribution in [0.4, 0.5) is 13.6 Å². The summed E-state index contributed by atoms with van der Waals surface area (Å²) < 4.78 is 37.7. The minimum Gasteiger partial charge on any atom is -0.446 e. The summed E-state index contributed by atoms with van der Waals surface area (Å²) in [7, 11) is 0. The first kappa shape index (κ1) is 22.9. The zero-order valence-electron chi connectivity index (χ0n) is 18.1. The highest BCUT2D eigenvalue weighted by Gasteiger charge is 2.38. The number of morpholine rings is 1. The number of hydrogen-bond acceptors (Lipinski definition) is 6. The molecule has 2 amide bonds. The SMILES string of the molecule is C[C@H]1COCCN1C(=O)O[C@@H]1CC[C@H](C2CC(NC(=O)Cc3cc(F)cc(F)c3)NN2)C1. The number of carbonyl (C=O) groups excluding carboxylic acids is 2. The van der Waals surface area contributed by atoms with E-state index in [2.05, 4.69) is 16.2 Å². The number of halogens is 2. The summed E-state index contributed by atoms with van der Waals surface area (Å²) in [6.45, 7) is 3.56. The molecule has 5 atom stereocenters. The number of hydrogen-bond donors (Lipinski definition) is 3. The van der Waals surface area contributed by atoms with E-state index in [1.807, 2.05) is 6.92 Å². The van der Waals surface area contributed by atoms with Crippen molar-refractivity contribution in [1.29, 1.82) is 0 Å². The Balaban J connectivity index is 1.21. The number of nitrogens with zero attached hydrogens (tertiary/aromatic N) is 1. The Kier molecular flexibility index (Phi) is 7.22. The fourth-order valence-electron chi connectivity index (χ4n) is 4.78. The van der Waals surface area contributed by atoms with Crippen molar-refractivity contribution in [2.24, 2.45) is 5.92 Å². The zero-order valence-corrected chi connectivity index (χ0v) is 18.1. The Morgan fingerprint density at radius 3 is 2.72 bits per heavy atom. The molecule has 32 heavy (non-hydrogen) atoms. The normalized spacial score (nSPS) is 30.3. The number of amides is 2. The van der Waals surface area contributed by atoms with E-state index in [1.54, 1.807) is 4.90 Å². The average Bonchev–Trinajstić information content (AvgIpc) is 3.37. The van der Waals surface area contributed by atoms with Gasteiger partial charge in [-0.25, -0.2) is 19.0 Å². The lowest BCUT2D eigenvalue weighted by Gasteiger charge is -2.33. The first-order chi connectivity index (χ1) is 15.4. The molecule has 3 aliphatic rings. The van der Waals surface area contributed by atoms with Gasteiger partial charge in [-0.3, -0.25) is 10.2 Å². The van der Waals surface area contributed by atoms with Crippen molar-refractivity contribution in [2.75, 3.05) is 19.8 Å². The van der Waals surface area contributed by atoms with Gasteiger partial charge in [0.05, 0.1) is 31.8 Å². The van der Waals surface area contributed by atoms with Crippen molar-refractivity contribution in [1.82, 2.24) is 21.1 Å². The molecule has 2 unspecified atom stereocenters. The van der Waals surface area contributed by atoms with Crippen LogP contribution in [0.15, 0.2) is 18.2 Å². The van der Waals surface area contributed by atoms with E-state index in [0.29, 0.717) is 32.1 Å². The molecule has 3 fully saturated rings. The van der Waals surface area contributed by atoms with Gasteiger partial charge in [-0.1, -0.05) is 0 Å². The summed E-state index contributed by atoms with van der Waals surface area (Å²) in [4.78, 5) is 26.5. The molecule has 0 radical (unpaired) electrons. The topological polar surface area (TPSA) is 91.9 Å². The van der Waals surface area contributed by atoms with Crippen molar-refractivity contribution in [3.05, 3.63) is 35.4 Å². The van der Waals surface area contributed by atoms with Crippen LogP contribution in [0.25, 0.3) is 0 Å². The third-order valence-electron chi connectivity index (χ3n) is 6.42. The third-order valence-corrected chi connectivity index (χ3v) is 6.42. The molecule has 176 valence electrons. The molecule has 1 aromatic rings. The van der Waals surface area contributed by atoms with E-state index < -0.39 is 11.6 Å². The van der Waals surface area contributed by atoms with Gasteiger partial charge in [0.1, 0.15) is 17.7 Å². The number of hydrazine groups is 1. The fourth-order valence-corrected chi connectivity index (χ4v) is 4.78. The molecule has 0 aromatic heterocycles. The molecular formula is C22H30F2N4O4. The van der Waals surface area contributed by atoms with Crippen LogP contribution >= 0.6 is 0 Å². The summed E-state index contributed by atoms with van der Waals surface area (Å²) in [5.74, 6) is -1.39. The van der Waals surface area contributed by atoms with Crippen LogP contribution in [0.1, 0.15) is 38.2 Å². The fraction of sp³-hybridized carbons (Fsp3) is 0.636. The van der Waals surface area contributed by atoms with Gasteiger partial charge in [-0.05, 0) is 56.2 Å². The molecule has 4 rings (SSSR count). The quantitative estimate of drug-likeness (QED) is 0.632. The maximum atomic E-state index is 13.3. The molecule has 1 aliphatic carbocycles. The average molecular weight is 453 g/mol. The van der Waals surface area contributed by atoms with Crippen LogP contribution in [0, 0.1) is 17.6 Å². The molecule has 10 heteroatoms. The maximum Gasteiger partial charge on any atom is 0.410 e. The first-order valence-corrected chi connectivity index (χ1v) is 11.2. The van der Waals surface area contributed by atoms with Crippen LogP contribution in [-0.2, 0) is 20.7 Å². The molecule has 2 saturated heterocycles. The lowest BCUT2D eigenvalue weighted by Crippen LogP contribution is -2.48. The van der Waals surface area contributed by atoms with Crippen LogP contribution in [0.2, 0.25) is 0 Å². The lowest BCUT2D eigenvalue weighted by molar-refractivity contribution is -0.121. The number of ether oxygens (including phenoxy) is 2. The molecule has 2 aliphatic heterocycles. The monoisotopic (exact) mass is 452 g/mol. The summed E-state index contributed by atoms with van der Waals surface area (Å²) in [5.41, 5.74) is 6.59. The van der Waals surface area contributed by atoms with Crippen LogP contribution < -0.4 is 16.2 Å². The number of benzene rings is 1. The molecule has 0 spiro atoms. The number of carbonyl (C=O) groups is 2. The van der Waals surface area contributed by atoms with Crippen LogP contribution in [0.5, 0.6) is 0 Å². The van der Waals surface area contributed by atoms with E-state index in [9.17, 15) is 18.4 Å². The Labute approximate surface area is 186 Å². The van der Waals surface area contributed by atoms with Crippen LogP contribution in [-0.4, -0.2) is 61.0 Å². The van der Waals surface area contributed by atoms with Crippen LogP contribution in [0.3, 0.4) is 0 Å². The molecule has 1 aromatic carbocycles. The Morgan fingerprint density at radius 1 is 1.19 bits per heavy atom. The molecule has 3 N–H and O–H groups in total. The van der Waals surface area contributed by atoms with Crippen molar-refractivity contribution >= 4 is 12.0 Å². The van der Waals surface area contributed by atoms with Crippen molar-refractivity contribution < 1.29 is 27.8 Å². The Hall–Kier alpha value is -2.30. The van der Waals surface area contributed by atoms with Gasteiger partial charge in [0.15, 0.2) is 0 Å². The van der Waals surface area contributed by atoms with Crippen molar-refractivity contribution in [3.8, 4) is 0 Å². The number of rotatable bonds is 5. The van der Waals surface area contributed by atoms with Gasteiger partial charge in [0.2, 0.25) is 5.91 Å². The highest BCUT2D eigenvalue weighted by molar-refractivity contribution is 5.78. The zero-order chi connectivity index (χ0) is 22.7. The van der Waals surface area contributed by atoms with E-state index in [1.165, 1.54) is 0 Å². The predicted molar refractivity (Wildman–Crippen MR) is 111 cm³/mol.